The van der Waals surface area contributed by atoms with Crippen LogP contribution in [0.15, 0.2) is 16.6 Å². The minimum absolute atomic E-state index is 0.322. The number of hydrogen-bond acceptors (Lipinski definition) is 2. The fraction of sp³-hybridized carbons (Fsp3) is 0.400. The zero-order chi connectivity index (χ0) is 10.3. The predicted molar refractivity (Wildman–Crippen MR) is 59.7 cm³/mol. The zero-order valence-electron chi connectivity index (χ0n) is 7.85. The summed E-state index contributed by atoms with van der Waals surface area (Å²) in [4.78, 5) is 0. The largest absolute Gasteiger partial charge is 0.397 e. The van der Waals surface area contributed by atoms with Crippen molar-refractivity contribution >= 4 is 27.3 Å². The van der Waals surface area contributed by atoms with Crippen molar-refractivity contribution in [2.75, 3.05) is 11.1 Å². The van der Waals surface area contributed by atoms with Crippen LogP contribution in [0.2, 0.25) is 0 Å². The van der Waals surface area contributed by atoms with E-state index in [1.165, 1.54) is 6.07 Å². The standard InChI is InChI=1S/C10H12BrFN2/c1-5-2-9(5)14-10-3-6(11)7(12)4-8(10)13/h3-5,9,14H,2,13H2,1H3. The molecule has 0 amide bonds. The Balaban J connectivity index is 2.20. The average molecular weight is 259 g/mol. The lowest BCUT2D eigenvalue weighted by Crippen LogP contribution is -2.06. The molecule has 1 fully saturated rings. The van der Waals surface area contributed by atoms with Crippen LogP contribution in [0.4, 0.5) is 15.8 Å². The van der Waals surface area contributed by atoms with Gasteiger partial charge in [-0.3, -0.25) is 0 Å². The van der Waals surface area contributed by atoms with Gasteiger partial charge in [0, 0.05) is 12.1 Å². The van der Waals surface area contributed by atoms with Gasteiger partial charge in [-0.15, -0.1) is 0 Å². The van der Waals surface area contributed by atoms with Crippen LogP contribution in [-0.2, 0) is 0 Å². The van der Waals surface area contributed by atoms with Crippen LogP contribution in [0.25, 0.3) is 0 Å². The summed E-state index contributed by atoms with van der Waals surface area (Å²) < 4.78 is 13.5. The predicted octanol–water partition coefficient (Wildman–Crippen LogP) is 2.99. The summed E-state index contributed by atoms with van der Waals surface area (Å²) in [6.45, 7) is 2.17. The Morgan fingerprint density at radius 3 is 2.79 bits per heavy atom. The SMILES string of the molecule is CC1CC1Nc1cc(Br)c(F)cc1N. The second kappa shape index (κ2) is 3.42. The van der Waals surface area contributed by atoms with Crippen molar-refractivity contribution in [3.8, 4) is 0 Å². The highest BCUT2D eigenvalue weighted by Crippen LogP contribution is 2.35. The molecule has 0 radical (unpaired) electrons. The summed E-state index contributed by atoms with van der Waals surface area (Å²) in [5.74, 6) is 0.370. The Morgan fingerprint density at radius 1 is 1.57 bits per heavy atom. The third-order valence-electron chi connectivity index (χ3n) is 2.54. The monoisotopic (exact) mass is 258 g/mol. The maximum absolute atomic E-state index is 13.0. The smallest absolute Gasteiger partial charge is 0.139 e. The molecule has 76 valence electrons. The molecule has 0 spiro atoms. The Morgan fingerprint density at radius 2 is 2.21 bits per heavy atom. The van der Waals surface area contributed by atoms with Crippen molar-refractivity contribution in [1.82, 2.24) is 0 Å². The number of nitrogen functional groups attached to an aromatic ring is 1. The molecule has 1 aromatic carbocycles. The minimum Gasteiger partial charge on any atom is -0.397 e. The highest BCUT2D eigenvalue weighted by atomic mass is 79.9. The molecule has 1 aliphatic carbocycles. The van der Waals surface area contributed by atoms with E-state index in [4.69, 9.17) is 5.73 Å². The van der Waals surface area contributed by atoms with Crippen LogP contribution in [-0.4, -0.2) is 6.04 Å². The molecule has 2 nitrogen and oxygen atoms in total. The molecule has 0 aromatic heterocycles. The third kappa shape index (κ3) is 1.85. The molecular formula is C10H12BrFN2. The third-order valence-corrected chi connectivity index (χ3v) is 3.15. The molecule has 3 N–H and O–H groups in total. The van der Waals surface area contributed by atoms with E-state index >= 15 is 0 Å². The first-order valence-corrected chi connectivity index (χ1v) is 5.38. The Labute approximate surface area is 90.8 Å². The van der Waals surface area contributed by atoms with E-state index in [0.717, 1.165) is 12.1 Å². The molecule has 2 atom stereocenters. The quantitative estimate of drug-likeness (QED) is 0.801. The van der Waals surface area contributed by atoms with Gasteiger partial charge in [0.05, 0.1) is 15.8 Å². The van der Waals surface area contributed by atoms with Gasteiger partial charge in [-0.2, -0.15) is 0 Å². The molecule has 4 heteroatoms. The van der Waals surface area contributed by atoms with Gasteiger partial charge < -0.3 is 11.1 Å². The number of anilines is 2. The topological polar surface area (TPSA) is 38.0 Å². The molecular weight excluding hydrogens is 247 g/mol. The summed E-state index contributed by atoms with van der Waals surface area (Å²) in [7, 11) is 0. The lowest BCUT2D eigenvalue weighted by molar-refractivity contribution is 0.622. The number of nitrogens with one attached hydrogen (secondary N) is 1. The van der Waals surface area contributed by atoms with Crippen LogP contribution < -0.4 is 11.1 Å². The number of nitrogens with two attached hydrogens (primary N) is 1. The molecule has 1 aromatic rings. The minimum atomic E-state index is -0.322. The van der Waals surface area contributed by atoms with E-state index in [1.807, 2.05) is 0 Å². The van der Waals surface area contributed by atoms with Crippen molar-refractivity contribution in [2.45, 2.75) is 19.4 Å². The highest BCUT2D eigenvalue weighted by Gasteiger charge is 2.32. The molecule has 1 saturated carbocycles. The summed E-state index contributed by atoms with van der Waals surface area (Å²) in [6.07, 6.45) is 1.16. The fourth-order valence-electron chi connectivity index (χ4n) is 1.41. The summed E-state index contributed by atoms with van der Waals surface area (Å²) in [6, 6.07) is 3.52. The first-order chi connectivity index (χ1) is 6.58. The van der Waals surface area contributed by atoms with Crippen molar-refractivity contribution in [2.24, 2.45) is 5.92 Å². The molecule has 0 saturated heterocycles. The Kier molecular flexibility index (Phi) is 2.39. The van der Waals surface area contributed by atoms with E-state index in [0.29, 0.717) is 22.1 Å². The molecule has 0 heterocycles. The van der Waals surface area contributed by atoms with Crippen LogP contribution in [0.5, 0.6) is 0 Å². The fourth-order valence-corrected chi connectivity index (χ4v) is 1.75. The van der Waals surface area contributed by atoms with Crippen molar-refractivity contribution < 1.29 is 4.39 Å². The van der Waals surface area contributed by atoms with Gasteiger partial charge >= 0.3 is 0 Å². The summed E-state index contributed by atoms with van der Waals surface area (Å²) in [5, 5.41) is 3.28. The van der Waals surface area contributed by atoms with Crippen LogP contribution in [0.3, 0.4) is 0 Å². The molecule has 0 bridgehead atoms. The number of halogens is 2. The maximum Gasteiger partial charge on any atom is 0.139 e. The van der Waals surface area contributed by atoms with Gasteiger partial charge in [-0.05, 0) is 34.3 Å². The molecule has 14 heavy (non-hydrogen) atoms. The Hall–Kier alpha value is -0.770. The normalized spacial score (nSPS) is 24.8. The van der Waals surface area contributed by atoms with E-state index < -0.39 is 0 Å². The van der Waals surface area contributed by atoms with Crippen LogP contribution in [0.1, 0.15) is 13.3 Å². The Bertz CT molecular complexity index is 367. The van der Waals surface area contributed by atoms with Crippen molar-refractivity contribution in [3.05, 3.63) is 22.4 Å². The molecule has 2 rings (SSSR count). The van der Waals surface area contributed by atoms with Crippen LogP contribution >= 0.6 is 15.9 Å². The highest BCUT2D eigenvalue weighted by molar-refractivity contribution is 9.10. The van der Waals surface area contributed by atoms with Crippen LogP contribution in [0, 0.1) is 11.7 Å². The number of hydrogen-bond donors (Lipinski definition) is 2. The first-order valence-electron chi connectivity index (χ1n) is 4.59. The number of rotatable bonds is 2. The second-order valence-corrected chi connectivity index (χ2v) is 4.67. The summed E-state index contributed by atoms with van der Waals surface area (Å²) >= 11 is 3.14. The average Bonchev–Trinajstić information content (AvgIpc) is 2.78. The first kappa shape index (κ1) is 9.77. The van der Waals surface area contributed by atoms with E-state index in [1.54, 1.807) is 6.07 Å². The molecule has 1 aliphatic rings. The number of benzene rings is 1. The van der Waals surface area contributed by atoms with Gasteiger partial charge in [0.25, 0.3) is 0 Å². The lowest BCUT2D eigenvalue weighted by Gasteiger charge is -2.09. The zero-order valence-corrected chi connectivity index (χ0v) is 9.44. The maximum atomic E-state index is 13.0. The van der Waals surface area contributed by atoms with E-state index in [-0.39, 0.29) is 5.82 Å². The van der Waals surface area contributed by atoms with Gasteiger partial charge in [0.15, 0.2) is 0 Å². The van der Waals surface area contributed by atoms with Crippen molar-refractivity contribution in [1.29, 1.82) is 0 Å². The second-order valence-electron chi connectivity index (χ2n) is 3.82. The van der Waals surface area contributed by atoms with Crippen molar-refractivity contribution in [3.63, 3.8) is 0 Å². The van der Waals surface area contributed by atoms with E-state index in [2.05, 4.69) is 28.2 Å². The van der Waals surface area contributed by atoms with E-state index in [9.17, 15) is 4.39 Å². The molecule has 0 aliphatic heterocycles. The lowest BCUT2D eigenvalue weighted by atomic mass is 10.2. The van der Waals surface area contributed by atoms with Gasteiger partial charge in [0.1, 0.15) is 5.82 Å². The molecule has 2 unspecified atom stereocenters. The van der Waals surface area contributed by atoms with Gasteiger partial charge in [-0.1, -0.05) is 6.92 Å². The summed E-state index contributed by atoms with van der Waals surface area (Å²) in [5.41, 5.74) is 6.96. The van der Waals surface area contributed by atoms with Gasteiger partial charge in [0.2, 0.25) is 0 Å². The van der Waals surface area contributed by atoms with Gasteiger partial charge in [-0.25, -0.2) is 4.39 Å².